The van der Waals surface area contributed by atoms with E-state index in [1.54, 1.807) is 30.3 Å². The van der Waals surface area contributed by atoms with Crippen molar-refractivity contribution in [1.29, 1.82) is 0 Å². The van der Waals surface area contributed by atoms with Crippen molar-refractivity contribution in [1.82, 2.24) is 0 Å². The van der Waals surface area contributed by atoms with Gasteiger partial charge < -0.3 is 9.52 Å². The van der Waals surface area contributed by atoms with E-state index in [4.69, 9.17) is 9.52 Å². The average Bonchev–Trinajstić information content (AvgIpc) is 2.39. The molecule has 0 aliphatic heterocycles. The van der Waals surface area contributed by atoms with E-state index < -0.39 is 5.97 Å². The summed E-state index contributed by atoms with van der Waals surface area (Å²) in [6.45, 7) is 1.91. The van der Waals surface area contributed by atoms with Gasteiger partial charge in [0.2, 0.25) is 5.43 Å². The Morgan fingerprint density at radius 2 is 2.00 bits per heavy atom. The van der Waals surface area contributed by atoms with E-state index >= 15 is 0 Å². The SMILES string of the molecule is Cc1ccc2c(=O)c3cccc(CC(=O)O)c3oc2c1. The smallest absolute Gasteiger partial charge is 0.307 e. The monoisotopic (exact) mass is 268 g/mol. The van der Waals surface area contributed by atoms with Gasteiger partial charge in [-0.05, 0) is 30.7 Å². The molecule has 2 aromatic carbocycles. The molecular formula is C16H12O4. The van der Waals surface area contributed by atoms with Crippen LogP contribution in [0.15, 0.2) is 45.6 Å². The highest BCUT2D eigenvalue weighted by molar-refractivity contribution is 5.92. The molecule has 0 saturated heterocycles. The van der Waals surface area contributed by atoms with Gasteiger partial charge in [0.25, 0.3) is 0 Å². The third kappa shape index (κ3) is 1.95. The van der Waals surface area contributed by atoms with Crippen LogP contribution in [-0.2, 0) is 11.2 Å². The highest BCUT2D eigenvalue weighted by Crippen LogP contribution is 2.22. The number of hydrogen-bond donors (Lipinski definition) is 1. The summed E-state index contributed by atoms with van der Waals surface area (Å²) in [7, 11) is 0. The number of carboxylic acids is 1. The molecule has 0 bridgehead atoms. The fourth-order valence-corrected chi connectivity index (χ4v) is 2.34. The van der Waals surface area contributed by atoms with Gasteiger partial charge in [-0.15, -0.1) is 0 Å². The summed E-state index contributed by atoms with van der Waals surface area (Å²) in [5, 5.41) is 9.86. The highest BCUT2D eigenvalue weighted by Gasteiger charge is 2.12. The molecule has 0 unspecified atom stereocenters. The molecule has 1 N–H and O–H groups in total. The summed E-state index contributed by atoms with van der Waals surface area (Å²) >= 11 is 0. The summed E-state index contributed by atoms with van der Waals surface area (Å²) in [6.07, 6.45) is -0.169. The average molecular weight is 268 g/mol. The first-order chi connectivity index (χ1) is 9.56. The highest BCUT2D eigenvalue weighted by atomic mass is 16.4. The number of rotatable bonds is 2. The van der Waals surface area contributed by atoms with Crippen LogP contribution < -0.4 is 5.43 Å². The fraction of sp³-hybridized carbons (Fsp3) is 0.125. The largest absolute Gasteiger partial charge is 0.481 e. The van der Waals surface area contributed by atoms with E-state index in [1.807, 2.05) is 13.0 Å². The molecule has 3 rings (SSSR count). The van der Waals surface area contributed by atoms with Gasteiger partial charge in [-0.3, -0.25) is 9.59 Å². The van der Waals surface area contributed by atoms with Gasteiger partial charge in [0.1, 0.15) is 11.2 Å². The maximum Gasteiger partial charge on any atom is 0.307 e. The minimum atomic E-state index is -0.954. The van der Waals surface area contributed by atoms with E-state index in [9.17, 15) is 9.59 Å². The van der Waals surface area contributed by atoms with Gasteiger partial charge in [-0.1, -0.05) is 18.2 Å². The molecule has 20 heavy (non-hydrogen) atoms. The molecule has 0 atom stereocenters. The van der Waals surface area contributed by atoms with Crippen LogP contribution in [0.4, 0.5) is 0 Å². The lowest BCUT2D eigenvalue weighted by atomic mass is 10.1. The summed E-state index contributed by atoms with van der Waals surface area (Å²) < 4.78 is 5.78. The Balaban J connectivity index is 2.44. The minimum absolute atomic E-state index is 0.131. The standard InChI is InChI=1S/C16H12O4/c1-9-5-6-11-13(7-9)20-16-10(8-14(17)18)3-2-4-12(16)15(11)19/h2-7H,8H2,1H3,(H,17,18). The zero-order valence-corrected chi connectivity index (χ0v) is 10.8. The lowest BCUT2D eigenvalue weighted by Crippen LogP contribution is -2.06. The van der Waals surface area contributed by atoms with Gasteiger partial charge in [0.05, 0.1) is 17.2 Å². The van der Waals surface area contributed by atoms with Crippen molar-refractivity contribution in [2.75, 3.05) is 0 Å². The molecular weight excluding hydrogens is 256 g/mol. The molecule has 4 heteroatoms. The molecule has 100 valence electrons. The van der Waals surface area contributed by atoms with Crippen molar-refractivity contribution in [3.63, 3.8) is 0 Å². The lowest BCUT2D eigenvalue weighted by molar-refractivity contribution is -0.136. The van der Waals surface area contributed by atoms with Gasteiger partial charge >= 0.3 is 5.97 Å². The van der Waals surface area contributed by atoms with Crippen molar-refractivity contribution in [2.45, 2.75) is 13.3 Å². The zero-order valence-electron chi connectivity index (χ0n) is 10.8. The van der Waals surface area contributed by atoms with Crippen LogP contribution in [0, 0.1) is 6.92 Å². The van der Waals surface area contributed by atoms with Crippen LogP contribution in [0.1, 0.15) is 11.1 Å². The van der Waals surface area contributed by atoms with Gasteiger partial charge in [-0.25, -0.2) is 0 Å². The van der Waals surface area contributed by atoms with Crippen molar-refractivity contribution in [3.05, 3.63) is 57.7 Å². The Hall–Kier alpha value is -2.62. The Morgan fingerprint density at radius 1 is 1.20 bits per heavy atom. The normalized spacial score (nSPS) is 11.1. The number of benzene rings is 2. The van der Waals surface area contributed by atoms with Crippen molar-refractivity contribution in [2.24, 2.45) is 0 Å². The van der Waals surface area contributed by atoms with Crippen molar-refractivity contribution < 1.29 is 14.3 Å². The predicted molar refractivity (Wildman–Crippen MR) is 76.1 cm³/mol. The maximum absolute atomic E-state index is 12.4. The van der Waals surface area contributed by atoms with E-state index in [0.717, 1.165) is 5.56 Å². The third-order valence-corrected chi connectivity index (χ3v) is 3.28. The molecule has 0 saturated carbocycles. The fourth-order valence-electron chi connectivity index (χ4n) is 2.34. The Labute approximate surface area is 114 Å². The minimum Gasteiger partial charge on any atom is -0.481 e. The molecule has 3 aromatic rings. The molecule has 0 spiro atoms. The van der Waals surface area contributed by atoms with E-state index in [2.05, 4.69) is 0 Å². The number of carbonyl (C=O) groups is 1. The second-order valence-corrected chi connectivity index (χ2v) is 4.80. The second-order valence-electron chi connectivity index (χ2n) is 4.80. The molecule has 1 heterocycles. The Morgan fingerprint density at radius 3 is 2.75 bits per heavy atom. The van der Waals surface area contributed by atoms with Crippen LogP contribution in [0.2, 0.25) is 0 Å². The van der Waals surface area contributed by atoms with Crippen LogP contribution in [0.3, 0.4) is 0 Å². The summed E-state index contributed by atoms with van der Waals surface area (Å²) in [4.78, 5) is 23.3. The maximum atomic E-state index is 12.4. The quantitative estimate of drug-likeness (QED) is 0.726. The van der Waals surface area contributed by atoms with Crippen LogP contribution in [-0.4, -0.2) is 11.1 Å². The topological polar surface area (TPSA) is 67.5 Å². The third-order valence-electron chi connectivity index (χ3n) is 3.28. The molecule has 0 amide bonds. The number of carboxylic acid groups (broad SMARTS) is 1. The van der Waals surface area contributed by atoms with Crippen molar-refractivity contribution >= 4 is 27.9 Å². The number of fused-ring (bicyclic) bond motifs is 2. The molecule has 0 radical (unpaired) electrons. The first kappa shape index (κ1) is 12.4. The second kappa shape index (κ2) is 4.49. The molecule has 0 aliphatic carbocycles. The zero-order chi connectivity index (χ0) is 14.3. The van der Waals surface area contributed by atoms with E-state index in [-0.39, 0.29) is 11.8 Å². The van der Waals surface area contributed by atoms with E-state index in [0.29, 0.717) is 27.5 Å². The Bertz CT molecular complexity index is 890. The first-order valence-electron chi connectivity index (χ1n) is 6.23. The van der Waals surface area contributed by atoms with Crippen LogP contribution in [0.25, 0.3) is 21.9 Å². The van der Waals surface area contributed by atoms with E-state index in [1.165, 1.54) is 0 Å². The Kier molecular flexibility index (Phi) is 2.79. The number of aliphatic carboxylic acids is 1. The number of para-hydroxylation sites is 1. The van der Waals surface area contributed by atoms with Crippen LogP contribution >= 0.6 is 0 Å². The first-order valence-corrected chi connectivity index (χ1v) is 6.23. The number of hydrogen-bond acceptors (Lipinski definition) is 3. The van der Waals surface area contributed by atoms with Gasteiger partial charge in [-0.2, -0.15) is 0 Å². The number of aryl methyl sites for hydroxylation is 1. The van der Waals surface area contributed by atoms with Crippen molar-refractivity contribution in [3.8, 4) is 0 Å². The predicted octanol–water partition coefficient (Wildman–Crippen LogP) is 2.88. The molecule has 1 aromatic heterocycles. The molecule has 0 fully saturated rings. The van der Waals surface area contributed by atoms with Gasteiger partial charge in [0.15, 0.2) is 0 Å². The molecule has 0 aliphatic rings. The lowest BCUT2D eigenvalue weighted by Gasteiger charge is -2.05. The molecule has 4 nitrogen and oxygen atoms in total. The summed E-state index contributed by atoms with van der Waals surface area (Å²) in [6, 6.07) is 10.4. The summed E-state index contributed by atoms with van der Waals surface area (Å²) in [5.74, 6) is -0.954. The van der Waals surface area contributed by atoms with Crippen LogP contribution in [0.5, 0.6) is 0 Å². The van der Waals surface area contributed by atoms with Gasteiger partial charge in [0, 0.05) is 5.56 Å². The summed E-state index contributed by atoms with van der Waals surface area (Å²) in [5.41, 5.74) is 2.21.